The van der Waals surface area contributed by atoms with E-state index in [0.29, 0.717) is 24.2 Å². The first-order chi connectivity index (χ1) is 10.4. The van der Waals surface area contributed by atoms with Crippen LogP contribution in [-0.2, 0) is 4.79 Å². The number of nitrogens with one attached hydrogen (secondary N) is 1. The number of likely N-dealkylation sites (tertiary alicyclic amines) is 1. The lowest BCUT2D eigenvalue weighted by Gasteiger charge is -2.17. The van der Waals surface area contributed by atoms with Gasteiger partial charge in [-0.1, -0.05) is 6.07 Å². The van der Waals surface area contributed by atoms with E-state index < -0.39 is 11.9 Å². The second-order valence-electron chi connectivity index (χ2n) is 5.48. The van der Waals surface area contributed by atoms with E-state index in [0.717, 1.165) is 0 Å². The van der Waals surface area contributed by atoms with Gasteiger partial charge in [0.05, 0.1) is 5.92 Å². The number of hydrogen-bond donors (Lipinski definition) is 2. The molecule has 0 aliphatic carbocycles. The number of carboxylic acids is 1. The van der Waals surface area contributed by atoms with E-state index in [1.54, 1.807) is 38.4 Å². The number of aliphatic carboxylic acids is 1. The molecule has 0 radical (unpaired) electrons. The van der Waals surface area contributed by atoms with Crippen LogP contribution in [0.25, 0.3) is 0 Å². The lowest BCUT2D eigenvalue weighted by atomic mass is 10.1. The SMILES string of the molecule is CN(C)C(=O)Nc1cccc(C(=O)N2CCC(C(=O)O)C2)c1. The first-order valence-corrected chi connectivity index (χ1v) is 6.99. The summed E-state index contributed by atoms with van der Waals surface area (Å²) in [5.74, 6) is -1.59. The maximum Gasteiger partial charge on any atom is 0.321 e. The van der Waals surface area contributed by atoms with Crippen LogP contribution in [0, 0.1) is 5.92 Å². The number of urea groups is 1. The number of hydrogen-bond acceptors (Lipinski definition) is 3. The van der Waals surface area contributed by atoms with Crippen LogP contribution in [0.3, 0.4) is 0 Å². The van der Waals surface area contributed by atoms with Crippen LogP contribution in [-0.4, -0.2) is 60.0 Å². The molecule has 1 aromatic rings. The topological polar surface area (TPSA) is 90.0 Å². The third kappa shape index (κ3) is 3.55. The van der Waals surface area contributed by atoms with Crippen LogP contribution in [0.1, 0.15) is 16.8 Å². The zero-order valence-corrected chi connectivity index (χ0v) is 12.6. The van der Waals surface area contributed by atoms with Crippen LogP contribution in [0.5, 0.6) is 0 Å². The molecular formula is C15H19N3O4. The van der Waals surface area contributed by atoms with Crippen molar-refractivity contribution in [3.8, 4) is 0 Å². The number of nitrogens with zero attached hydrogens (tertiary/aromatic N) is 2. The summed E-state index contributed by atoms with van der Waals surface area (Å²) in [5, 5.41) is 11.7. The predicted molar refractivity (Wildman–Crippen MR) is 80.8 cm³/mol. The van der Waals surface area contributed by atoms with Gasteiger partial charge in [-0.25, -0.2) is 4.79 Å². The summed E-state index contributed by atoms with van der Waals surface area (Å²) in [6.07, 6.45) is 0.470. The molecule has 2 rings (SSSR count). The molecule has 1 aromatic carbocycles. The Labute approximate surface area is 128 Å². The number of carbonyl (C=O) groups excluding carboxylic acids is 2. The van der Waals surface area contributed by atoms with Crippen molar-refractivity contribution < 1.29 is 19.5 Å². The van der Waals surface area contributed by atoms with Gasteiger partial charge >= 0.3 is 12.0 Å². The number of carbonyl (C=O) groups is 3. The van der Waals surface area contributed by atoms with E-state index in [2.05, 4.69) is 5.32 Å². The molecular weight excluding hydrogens is 286 g/mol. The van der Waals surface area contributed by atoms with E-state index in [1.165, 1.54) is 9.80 Å². The maximum atomic E-state index is 12.4. The number of benzene rings is 1. The van der Waals surface area contributed by atoms with Gasteiger partial charge in [0.15, 0.2) is 0 Å². The van der Waals surface area contributed by atoms with E-state index in [4.69, 9.17) is 5.11 Å². The number of anilines is 1. The molecule has 7 heteroatoms. The summed E-state index contributed by atoms with van der Waals surface area (Å²) >= 11 is 0. The van der Waals surface area contributed by atoms with Gasteiger partial charge in [-0.15, -0.1) is 0 Å². The minimum Gasteiger partial charge on any atom is -0.481 e. The van der Waals surface area contributed by atoms with Crippen molar-refractivity contribution >= 4 is 23.6 Å². The van der Waals surface area contributed by atoms with E-state index in [1.807, 2.05) is 0 Å². The summed E-state index contributed by atoms with van der Waals surface area (Å²) < 4.78 is 0. The quantitative estimate of drug-likeness (QED) is 0.881. The molecule has 2 N–H and O–H groups in total. The van der Waals surface area contributed by atoms with Gasteiger partial charge in [0.1, 0.15) is 0 Å². The van der Waals surface area contributed by atoms with Gasteiger partial charge in [0.2, 0.25) is 0 Å². The highest BCUT2D eigenvalue weighted by atomic mass is 16.4. The Hall–Kier alpha value is -2.57. The highest BCUT2D eigenvalue weighted by Gasteiger charge is 2.31. The highest BCUT2D eigenvalue weighted by Crippen LogP contribution is 2.20. The Balaban J connectivity index is 2.08. The van der Waals surface area contributed by atoms with Crippen molar-refractivity contribution in [1.29, 1.82) is 0 Å². The average molecular weight is 305 g/mol. The molecule has 0 aromatic heterocycles. The lowest BCUT2D eigenvalue weighted by molar-refractivity contribution is -0.141. The average Bonchev–Trinajstić information content (AvgIpc) is 2.96. The van der Waals surface area contributed by atoms with E-state index >= 15 is 0 Å². The normalized spacial score (nSPS) is 17.2. The molecule has 1 unspecified atom stereocenters. The van der Waals surface area contributed by atoms with Gasteiger partial charge < -0.3 is 20.2 Å². The molecule has 7 nitrogen and oxygen atoms in total. The zero-order valence-electron chi connectivity index (χ0n) is 12.6. The first-order valence-electron chi connectivity index (χ1n) is 6.99. The molecule has 0 spiro atoms. The zero-order chi connectivity index (χ0) is 16.3. The molecule has 1 aliphatic heterocycles. The maximum absolute atomic E-state index is 12.4. The summed E-state index contributed by atoms with van der Waals surface area (Å²) in [5.41, 5.74) is 0.959. The van der Waals surface area contributed by atoms with Gasteiger partial charge in [0.25, 0.3) is 5.91 Å². The fourth-order valence-corrected chi connectivity index (χ4v) is 2.29. The monoisotopic (exact) mass is 305 g/mol. The minimum atomic E-state index is -0.873. The Bertz CT molecular complexity index is 600. The van der Waals surface area contributed by atoms with Gasteiger partial charge in [-0.05, 0) is 24.6 Å². The molecule has 22 heavy (non-hydrogen) atoms. The summed E-state index contributed by atoms with van der Waals surface area (Å²) in [4.78, 5) is 37.9. The van der Waals surface area contributed by atoms with Crippen LogP contribution < -0.4 is 5.32 Å². The smallest absolute Gasteiger partial charge is 0.321 e. The fourth-order valence-electron chi connectivity index (χ4n) is 2.29. The molecule has 1 heterocycles. The fraction of sp³-hybridized carbons (Fsp3) is 0.400. The summed E-state index contributed by atoms with van der Waals surface area (Å²) in [6, 6.07) is 6.35. The summed E-state index contributed by atoms with van der Waals surface area (Å²) in [7, 11) is 3.25. The van der Waals surface area contributed by atoms with Crippen molar-refractivity contribution in [3.05, 3.63) is 29.8 Å². The number of rotatable bonds is 3. The Morgan fingerprint density at radius 2 is 2.05 bits per heavy atom. The standard InChI is InChI=1S/C15H19N3O4/c1-17(2)15(22)16-12-5-3-4-10(8-12)13(19)18-7-6-11(9-18)14(20)21/h3-5,8,11H,6-7,9H2,1-2H3,(H,16,22)(H,20,21). The second-order valence-corrected chi connectivity index (χ2v) is 5.48. The van der Waals surface area contributed by atoms with Gasteiger partial charge in [-0.2, -0.15) is 0 Å². The highest BCUT2D eigenvalue weighted by molar-refractivity contribution is 5.97. The van der Waals surface area contributed by atoms with Crippen LogP contribution in [0.4, 0.5) is 10.5 Å². The molecule has 3 amide bonds. The molecule has 0 saturated carbocycles. The number of amides is 3. The summed E-state index contributed by atoms with van der Waals surface area (Å²) in [6.45, 7) is 0.659. The van der Waals surface area contributed by atoms with Crippen molar-refractivity contribution in [2.45, 2.75) is 6.42 Å². The van der Waals surface area contributed by atoms with Crippen LogP contribution in [0.15, 0.2) is 24.3 Å². The Morgan fingerprint density at radius 3 is 2.64 bits per heavy atom. The van der Waals surface area contributed by atoms with Gasteiger partial charge in [0, 0.05) is 38.4 Å². The number of carboxylic acid groups (broad SMARTS) is 1. The molecule has 1 saturated heterocycles. The van der Waals surface area contributed by atoms with Crippen molar-refractivity contribution in [3.63, 3.8) is 0 Å². The third-order valence-corrected chi connectivity index (χ3v) is 3.59. The molecule has 118 valence electrons. The van der Waals surface area contributed by atoms with E-state index in [-0.39, 0.29) is 18.5 Å². The van der Waals surface area contributed by atoms with Crippen LogP contribution in [0.2, 0.25) is 0 Å². The van der Waals surface area contributed by atoms with Crippen molar-refractivity contribution in [1.82, 2.24) is 9.80 Å². The third-order valence-electron chi connectivity index (χ3n) is 3.59. The largest absolute Gasteiger partial charge is 0.481 e. The lowest BCUT2D eigenvalue weighted by Crippen LogP contribution is -2.30. The Kier molecular flexibility index (Phi) is 4.65. The predicted octanol–water partition coefficient (Wildman–Crippen LogP) is 1.33. The van der Waals surface area contributed by atoms with E-state index in [9.17, 15) is 14.4 Å². The second kappa shape index (κ2) is 6.46. The van der Waals surface area contributed by atoms with Gasteiger partial charge in [-0.3, -0.25) is 9.59 Å². The molecule has 0 bridgehead atoms. The van der Waals surface area contributed by atoms with Crippen molar-refractivity contribution in [2.75, 3.05) is 32.5 Å². The molecule has 1 fully saturated rings. The minimum absolute atomic E-state index is 0.218. The first kappa shape index (κ1) is 15.8. The molecule has 1 aliphatic rings. The van der Waals surface area contributed by atoms with Crippen LogP contribution >= 0.6 is 0 Å². The Morgan fingerprint density at radius 1 is 1.32 bits per heavy atom. The molecule has 1 atom stereocenters. The van der Waals surface area contributed by atoms with Crippen molar-refractivity contribution in [2.24, 2.45) is 5.92 Å².